The highest BCUT2D eigenvalue weighted by molar-refractivity contribution is 5.91. The quantitative estimate of drug-likeness (QED) is 0.469. The summed E-state index contributed by atoms with van der Waals surface area (Å²) >= 11 is 0. The number of anilines is 1. The van der Waals surface area contributed by atoms with E-state index in [1.165, 1.54) is 4.57 Å². The zero-order valence-electron chi connectivity index (χ0n) is 18.7. The molecule has 0 unspecified atom stereocenters. The van der Waals surface area contributed by atoms with Gasteiger partial charge in [0.25, 0.3) is 5.56 Å². The molecule has 2 heterocycles. The van der Waals surface area contributed by atoms with Gasteiger partial charge in [0.2, 0.25) is 5.91 Å². The van der Waals surface area contributed by atoms with Gasteiger partial charge in [-0.3, -0.25) is 23.4 Å². The summed E-state index contributed by atoms with van der Waals surface area (Å²) in [6, 6.07) is 16.2. The first-order valence-electron chi connectivity index (χ1n) is 10.6. The van der Waals surface area contributed by atoms with Gasteiger partial charge in [0, 0.05) is 18.3 Å². The van der Waals surface area contributed by atoms with E-state index in [1.807, 2.05) is 37.3 Å². The third kappa shape index (κ3) is 4.30. The maximum atomic E-state index is 13.4. The summed E-state index contributed by atoms with van der Waals surface area (Å²) in [5.74, 6) is 0.198. The van der Waals surface area contributed by atoms with Crippen LogP contribution in [0.4, 0.5) is 5.69 Å². The number of ether oxygens (including phenoxy) is 1. The van der Waals surface area contributed by atoms with Gasteiger partial charge in [-0.05, 0) is 31.5 Å². The van der Waals surface area contributed by atoms with E-state index in [0.29, 0.717) is 34.7 Å². The van der Waals surface area contributed by atoms with Gasteiger partial charge >= 0.3 is 5.69 Å². The second kappa shape index (κ2) is 9.15. The van der Waals surface area contributed by atoms with Gasteiger partial charge in [-0.1, -0.05) is 36.4 Å². The number of benzene rings is 2. The predicted molar refractivity (Wildman–Crippen MR) is 126 cm³/mol. The molecule has 2 aromatic carbocycles. The van der Waals surface area contributed by atoms with Gasteiger partial charge in [0.05, 0.1) is 19.3 Å². The Bertz CT molecular complexity index is 1430. The maximum Gasteiger partial charge on any atom is 0.332 e. The Morgan fingerprint density at radius 2 is 1.79 bits per heavy atom. The standard InChI is InChI=1S/C24H25N5O4/c1-4-29-22-21(16(2)26-29)27(15-20(30)25-18-11-8-12-19(13-18)33-3)24(32)28(23(22)31)14-17-9-6-5-7-10-17/h5-13H,4,14-15H2,1-3H3,(H,25,30). The number of aromatic nitrogens is 4. The van der Waals surface area contributed by atoms with Gasteiger partial charge < -0.3 is 10.1 Å². The van der Waals surface area contributed by atoms with Crippen molar-refractivity contribution in [3.8, 4) is 5.75 Å². The van der Waals surface area contributed by atoms with Crippen LogP contribution in [-0.2, 0) is 24.4 Å². The molecule has 0 atom stereocenters. The summed E-state index contributed by atoms with van der Waals surface area (Å²) in [5.41, 5.74) is 1.56. The summed E-state index contributed by atoms with van der Waals surface area (Å²) in [6.45, 7) is 3.89. The van der Waals surface area contributed by atoms with E-state index in [-0.39, 0.29) is 13.1 Å². The fourth-order valence-corrected chi connectivity index (χ4v) is 3.89. The number of carbonyl (C=O) groups is 1. The number of nitrogens with zero attached hydrogens (tertiary/aromatic N) is 4. The number of carbonyl (C=O) groups excluding carboxylic acids is 1. The number of nitrogens with one attached hydrogen (secondary N) is 1. The third-order valence-corrected chi connectivity index (χ3v) is 5.41. The van der Waals surface area contributed by atoms with Crippen LogP contribution in [0.2, 0.25) is 0 Å². The summed E-state index contributed by atoms with van der Waals surface area (Å²) in [5, 5.41) is 7.22. The minimum atomic E-state index is -0.559. The van der Waals surface area contributed by atoms with Crippen molar-refractivity contribution in [1.82, 2.24) is 18.9 Å². The number of aryl methyl sites for hydroxylation is 2. The van der Waals surface area contributed by atoms with Crippen LogP contribution in [0.5, 0.6) is 5.75 Å². The first-order valence-corrected chi connectivity index (χ1v) is 10.6. The maximum absolute atomic E-state index is 13.4. The van der Waals surface area contributed by atoms with Crippen molar-refractivity contribution >= 4 is 22.6 Å². The summed E-state index contributed by atoms with van der Waals surface area (Å²) in [6.07, 6.45) is 0. The lowest BCUT2D eigenvalue weighted by Crippen LogP contribution is -2.42. The molecule has 0 spiro atoms. The van der Waals surface area contributed by atoms with Crippen molar-refractivity contribution in [2.75, 3.05) is 12.4 Å². The van der Waals surface area contributed by atoms with Crippen LogP contribution >= 0.6 is 0 Å². The van der Waals surface area contributed by atoms with E-state index >= 15 is 0 Å². The van der Waals surface area contributed by atoms with Gasteiger partial charge in [0.15, 0.2) is 5.52 Å². The van der Waals surface area contributed by atoms with Crippen LogP contribution in [0.25, 0.3) is 11.0 Å². The Morgan fingerprint density at radius 1 is 1.03 bits per heavy atom. The Balaban J connectivity index is 1.80. The van der Waals surface area contributed by atoms with Crippen molar-refractivity contribution in [1.29, 1.82) is 0 Å². The highest BCUT2D eigenvalue weighted by Crippen LogP contribution is 2.18. The first kappa shape index (κ1) is 22.1. The second-order valence-corrected chi connectivity index (χ2v) is 7.62. The van der Waals surface area contributed by atoms with Crippen LogP contribution in [0.3, 0.4) is 0 Å². The lowest BCUT2D eigenvalue weighted by atomic mass is 10.2. The average Bonchev–Trinajstić information content (AvgIpc) is 3.16. The molecule has 0 radical (unpaired) electrons. The van der Waals surface area contributed by atoms with Gasteiger partial charge in [-0.15, -0.1) is 0 Å². The summed E-state index contributed by atoms with van der Waals surface area (Å²) in [7, 11) is 1.54. The molecule has 1 amide bonds. The first-order chi connectivity index (χ1) is 15.9. The Hall–Kier alpha value is -4.14. The van der Waals surface area contributed by atoms with Gasteiger partial charge in [-0.25, -0.2) is 4.79 Å². The smallest absolute Gasteiger partial charge is 0.332 e. The van der Waals surface area contributed by atoms with E-state index in [1.54, 1.807) is 43.0 Å². The van der Waals surface area contributed by atoms with E-state index in [4.69, 9.17) is 4.74 Å². The predicted octanol–water partition coefficient (Wildman–Crippen LogP) is 2.38. The zero-order valence-corrected chi connectivity index (χ0v) is 18.7. The monoisotopic (exact) mass is 447 g/mol. The Labute approximate surface area is 189 Å². The lowest BCUT2D eigenvalue weighted by Gasteiger charge is -2.13. The molecule has 0 aliphatic carbocycles. The van der Waals surface area contributed by atoms with Crippen molar-refractivity contribution < 1.29 is 9.53 Å². The van der Waals surface area contributed by atoms with Crippen molar-refractivity contribution in [2.45, 2.75) is 33.5 Å². The molecular weight excluding hydrogens is 422 g/mol. The highest BCUT2D eigenvalue weighted by atomic mass is 16.5. The van der Waals surface area contributed by atoms with Gasteiger partial charge in [0.1, 0.15) is 17.8 Å². The zero-order chi connectivity index (χ0) is 23.5. The Kier molecular flexibility index (Phi) is 6.12. The summed E-state index contributed by atoms with van der Waals surface area (Å²) in [4.78, 5) is 39.6. The van der Waals surface area contributed by atoms with E-state index in [2.05, 4.69) is 10.4 Å². The molecular formula is C24H25N5O4. The molecule has 2 aromatic heterocycles. The minimum Gasteiger partial charge on any atom is -0.497 e. The molecule has 4 rings (SSSR count). The normalized spacial score (nSPS) is 11.0. The number of amides is 1. The van der Waals surface area contributed by atoms with E-state index in [0.717, 1.165) is 10.1 Å². The SMILES string of the molecule is CCn1nc(C)c2c1c(=O)n(Cc1ccccc1)c(=O)n2CC(=O)Nc1cccc(OC)c1. The molecule has 9 nitrogen and oxygen atoms in total. The number of rotatable bonds is 7. The Morgan fingerprint density at radius 3 is 2.48 bits per heavy atom. The molecule has 0 saturated carbocycles. The van der Waals surface area contributed by atoms with E-state index < -0.39 is 17.2 Å². The second-order valence-electron chi connectivity index (χ2n) is 7.62. The van der Waals surface area contributed by atoms with E-state index in [9.17, 15) is 14.4 Å². The van der Waals surface area contributed by atoms with Crippen LogP contribution in [0.15, 0.2) is 64.2 Å². The molecule has 0 fully saturated rings. The van der Waals surface area contributed by atoms with Gasteiger partial charge in [-0.2, -0.15) is 5.10 Å². The molecule has 170 valence electrons. The average molecular weight is 447 g/mol. The molecule has 9 heteroatoms. The van der Waals surface area contributed by atoms with Crippen molar-refractivity contribution in [3.05, 3.63) is 86.7 Å². The lowest BCUT2D eigenvalue weighted by molar-refractivity contribution is -0.116. The molecule has 0 saturated heterocycles. The highest BCUT2D eigenvalue weighted by Gasteiger charge is 2.21. The number of methoxy groups -OCH3 is 1. The van der Waals surface area contributed by atoms with Crippen LogP contribution in [-0.4, -0.2) is 31.9 Å². The number of hydrogen-bond donors (Lipinski definition) is 1. The number of hydrogen-bond acceptors (Lipinski definition) is 5. The topological polar surface area (TPSA) is 100 Å². The molecule has 0 aliphatic heterocycles. The molecule has 33 heavy (non-hydrogen) atoms. The fourth-order valence-electron chi connectivity index (χ4n) is 3.89. The summed E-state index contributed by atoms with van der Waals surface area (Å²) < 4.78 is 9.25. The van der Waals surface area contributed by atoms with Crippen LogP contribution < -0.4 is 21.3 Å². The molecule has 0 aliphatic rings. The third-order valence-electron chi connectivity index (χ3n) is 5.41. The minimum absolute atomic E-state index is 0.0971. The largest absolute Gasteiger partial charge is 0.497 e. The van der Waals surface area contributed by atoms with Crippen molar-refractivity contribution in [2.24, 2.45) is 0 Å². The fraction of sp³-hybridized carbons (Fsp3) is 0.250. The number of fused-ring (bicyclic) bond motifs is 1. The van der Waals surface area contributed by atoms with Crippen LogP contribution in [0.1, 0.15) is 18.2 Å². The van der Waals surface area contributed by atoms with Crippen molar-refractivity contribution in [3.63, 3.8) is 0 Å². The molecule has 1 N–H and O–H groups in total. The molecule has 4 aromatic rings. The van der Waals surface area contributed by atoms with Crippen LogP contribution in [0, 0.1) is 6.92 Å². The molecule has 0 bridgehead atoms.